The van der Waals surface area contributed by atoms with E-state index in [1.807, 2.05) is 36.4 Å². The summed E-state index contributed by atoms with van der Waals surface area (Å²) in [6, 6.07) is 20.0. The molecule has 1 heterocycles. The molecule has 6 nitrogen and oxygen atoms in total. The van der Waals surface area contributed by atoms with Crippen molar-refractivity contribution >= 4 is 17.5 Å². The first-order valence-electron chi connectivity index (χ1n) is 8.97. The lowest BCUT2D eigenvalue weighted by molar-refractivity contribution is 0.268. The molecule has 0 saturated heterocycles. The van der Waals surface area contributed by atoms with Crippen LogP contribution in [0.3, 0.4) is 0 Å². The van der Waals surface area contributed by atoms with Crippen molar-refractivity contribution < 1.29 is 4.74 Å². The Bertz CT molecular complexity index is 869. The van der Waals surface area contributed by atoms with Crippen LogP contribution in [0.4, 0.5) is 17.5 Å². The van der Waals surface area contributed by atoms with Gasteiger partial charge in [0.2, 0.25) is 5.95 Å². The molecule has 0 aliphatic rings. The van der Waals surface area contributed by atoms with Crippen LogP contribution in [0.5, 0.6) is 5.75 Å². The minimum atomic E-state index is 0.258. The van der Waals surface area contributed by atoms with Gasteiger partial charge in [-0.05, 0) is 24.2 Å². The summed E-state index contributed by atoms with van der Waals surface area (Å²) in [6.07, 6.45) is 0. The molecule has 3 N–H and O–H groups in total. The number of nitrogen functional groups attached to an aromatic ring is 1. The van der Waals surface area contributed by atoms with Gasteiger partial charge in [-0.2, -0.15) is 4.98 Å². The topological polar surface area (TPSA) is 76.3 Å². The summed E-state index contributed by atoms with van der Waals surface area (Å²) in [5.74, 6) is 1.71. The van der Waals surface area contributed by atoms with Crippen LogP contribution in [0.2, 0.25) is 0 Å². The molecule has 0 aliphatic carbocycles. The summed E-state index contributed by atoms with van der Waals surface area (Å²) in [4.78, 5) is 11.0. The van der Waals surface area contributed by atoms with Gasteiger partial charge in [-0.3, -0.25) is 4.90 Å². The van der Waals surface area contributed by atoms with E-state index >= 15 is 0 Å². The smallest absolute Gasteiger partial charge is 0.222 e. The quantitative estimate of drug-likeness (QED) is 0.633. The SMILES string of the molecule is CCN(Cc1ccccc1)Cc1cc(Nc2cccc(OC)c2)nc(N)n1. The Morgan fingerprint density at radius 1 is 1.00 bits per heavy atom. The second-order valence-electron chi connectivity index (χ2n) is 6.25. The first-order chi connectivity index (χ1) is 13.2. The summed E-state index contributed by atoms with van der Waals surface area (Å²) in [5.41, 5.74) is 8.97. The summed E-state index contributed by atoms with van der Waals surface area (Å²) in [6.45, 7) is 4.62. The first kappa shape index (κ1) is 18.7. The molecule has 0 saturated carbocycles. The molecule has 140 valence electrons. The lowest BCUT2D eigenvalue weighted by Gasteiger charge is -2.20. The predicted molar refractivity (Wildman–Crippen MR) is 109 cm³/mol. The van der Waals surface area contributed by atoms with E-state index in [0.29, 0.717) is 12.4 Å². The van der Waals surface area contributed by atoms with Gasteiger partial charge in [-0.25, -0.2) is 4.98 Å². The van der Waals surface area contributed by atoms with E-state index in [-0.39, 0.29) is 5.95 Å². The van der Waals surface area contributed by atoms with Crippen molar-refractivity contribution in [2.75, 3.05) is 24.7 Å². The van der Waals surface area contributed by atoms with Crippen LogP contribution >= 0.6 is 0 Å². The largest absolute Gasteiger partial charge is 0.497 e. The lowest BCUT2D eigenvalue weighted by atomic mass is 10.2. The number of anilines is 3. The van der Waals surface area contributed by atoms with Gasteiger partial charge in [0.15, 0.2) is 0 Å². The third-order valence-electron chi connectivity index (χ3n) is 4.22. The molecule has 0 bridgehead atoms. The highest BCUT2D eigenvalue weighted by molar-refractivity contribution is 5.59. The number of hydrogen-bond donors (Lipinski definition) is 2. The monoisotopic (exact) mass is 363 g/mol. The Labute approximate surface area is 160 Å². The third-order valence-corrected chi connectivity index (χ3v) is 4.22. The summed E-state index contributed by atoms with van der Waals surface area (Å²) >= 11 is 0. The molecule has 27 heavy (non-hydrogen) atoms. The van der Waals surface area contributed by atoms with Gasteiger partial charge >= 0.3 is 0 Å². The molecule has 3 aromatic rings. The second-order valence-corrected chi connectivity index (χ2v) is 6.25. The first-order valence-corrected chi connectivity index (χ1v) is 8.97. The van der Waals surface area contributed by atoms with Gasteiger partial charge in [-0.1, -0.05) is 43.3 Å². The van der Waals surface area contributed by atoms with Crippen LogP contribution in [0, 0.1) is 0 Å². The fourth-order valence-corrected chi connectivity index (χ4v) is 2.86. The number of aromatic nitrogens is 2. The number of benzene rings is 2. The van der Waals surface area contributed by atoms with Crippen molar-refractivity contribution in [3.8, 4) is 5.75 Å². The zero-order chi connectivity index (χ0) is 19.1. The number of ether oxygens (including phenoxy) is 1. The Kier molecular flexibility index (Phi) is 6.22. The number of nitrogens with zero attached hydrogens (tertiary/aromatic N) is 3. The van der Waals surface area contributed by atoms with E-state index in [9.17, 15) is 0 Å². The average Bonchev–Trinajstić information content (AvgIpc) is 2.68. The van der Waals surface area contributed by atoms with Crippen molar-refractivity contribution in [2.45, 2.75) is 20.0 Å². The van der Waals surface area contributed by atoms with Crippen LogP contribution in [0.25, 0.3) is 0 Å². The van der Waals surface area contributed by atoms with Crippen molar-refractivity contribution in [3.05, 3.63) is 71.9 Å². The number of nitrogens with two attached hydrogens (primary N) is 1. The van der Waals surface area contributed by atoms with Gasteiger partial charge < -0.3 is 15.8 Å². The van der Waals surface area contributed by atoms with Crippen LogP contribution in [0.15, 0.2) is 60.7 Å². The van der Waals surface area contributed by atoms with Crippen molar-refractivity contribution in [2.24, 2.45) is 0 Å². The molecule has 0 amide bonds. The van der Waals surface area contributed by atoms with Crippen molar-refractivity contribution in [3.63, 3.8) is 0 Å². The van der Waals surface area contributed by atoms with Crippen molar-refractivity contribution in [1.29, 1.82) is 0 Å². The molecule has 0 radical (unpaired) electrons. The number of rotatable bonds is 8. The third kappa shape index (κ3) is 5.43. The van der Waals surface area contributed by atoms with Gasteiger partial charge in [0, 0.05) is 30.9 Å². The predicted octanol–water partition coefficient (Wildman–Crippen LogP) is 3.83. The highest BCUT2D eigenvalue weighted by Gasteiger charge is 2.09. The molecular weight excluding hydrogens is 338 g/mol. The Morgan fingerprint density at radius 3 is 2.56 bits per heavy atom. The zero-order valence-corrected chi connectivity index (χ0v) is 15.7. The van der Waals surface area contributed by atoms with E-state index in [2.05, 4.69) is 51.4 Å². The fourth-order valence-electron chi connectivity index (χ4n) is 2.86. The molecule has 0 spiro atoms. The van der Waals surface area contributed by atoms with Crippen LogP contribution in [-0.4, -0.2) is 28.5 Å². The second kappa shape index (κ2) is 9.00. The molecule has 2 aromatic carbocycles. The Hall–Kier alpha value is -3.12. The fraction of sp³-hybridized carbons (Fsp3) is 0.238. The Balaban J connectivity index is 1.73. The van der Waals surface area contributed by atoms with Gasteiger partial charge in [0.1, 0.15) is 11.6 Å². The highest BCUT2D eigenvalue weighted by Crippen LogP contribution is 2.21. The molecule has 0 atom stereocenters. The van der Waals surface area contributed by atoms with Gasteiger partial charge in [0.05, 0.1) is 12.8 Å². The molecule has 3 rings (SSSR count). The molecule has 0 aliphatic heterocycles. The molecular formula is C21H25N5O. The normalized spacial score (nSPS) is 10.8. The number of hydrogen-bond acceptors (Lipinski definition) is 6. The maximum atomic E-state index is 5.93. The van der Waals surface area contributed by atoms with Crippen molar-refractivity contribution in [1.82, 2.24) is 14.9 Å². The minimum absolute atomic E-state index is 0.258. The molecule has 0 fully saturated rings. The minimum Gasteiger partial charge on any atom is -0.497 e. The van der Waals surface area contributed by atoms with E-state index in [4.69, 9.17) is 10.5 Å². The van der Waals surface area contributed by atoms with E-state index in [0.717, 1.165) is 30.2 Å². The van der Waals surface area contributed by atoms with Gasteiger partial charge in [-0.15, -0.1) is 0 Å². The number of nitrogens with one attached hydrogen (secondary N) is 1. The van der Waals surface area contributed by atoms with E-state index in [1.165, 1.54) is 5.56 Å². The molecule has 6 heteroatoms. The average molecular weight is 363 g/mol. The van der Waals surface area contributed by atoms with E-state index in [1.54, 1.807) is 7.11 Å². The zero-order valence-electron chi connectivity index (χ0n) is 15.7. The molecule has 0 unspecified atom stereocenters. The van der Waals surface area contributed by atoms with Crippen LogP contribution < -0.4 is 15.8 Å². The van der Waals surface area contributed by atoms with E-state index < -0.39 is 0 Å². The highest BCUT2D eigenvalue weighted by atomic mass is 16.5. The summed E-state index contributed by atoms with van der Waals surface area (Å²) in [7, 11) is 1.64. The van der Waals surface area contributed by atoms with Crippen LogP contribution in [0.1, 0.15) is 18.2 Å². The Morgan fingerprint density at radius 2 is 1.81 bits per heavy atom. The number of methoxy groups -OCH3 is 1. The maximum Gasteiger partial charge on any atom is 0.222 e. The molecule has 1 aromatic heterocycles. The van der Waals surface area contributed by atoms with Gasteiger partial charge in [0.25, 0.3) is 0 Å². The maximum absolute atomic E-state index is 5.93. The summed E-state index contributed by atoms with van der Waals surface area (Å²) in [5, 5.41) is 3.27. The summed E-state index contributed by atoms with van der Waals surface area (Å²) < 4.78 is 5.26. The standard InChI is InChI=1S/C21H25N5O/c1-3-26(14-16-8-5-4-6-9-16)15-18-13-20(25-21(22)24-18)23-17-10-7-11-19(12-17)27-2/h4-13H,3,14-15H2,1-2H3,(H3,22,23,24,25). The van der Waals surface area contributed by atoms with Crippen LogP contribution in [-0.2, 0) is 13.1 Å². The lowest BCUT2D eigenvalue weighted by Crippen LogP contribution is -2.23.